The summed E-state index contributed by atoms with van der Waals surface area (Å²) in [6.45, 7) is 4.17. The number of carboxylic acid groups (broad SMARTS) is 1. The first-order chi connectivity index (χ1) is 6.98. The predicted octanol–water partition coefficient (Wildman–Crippen LogP) is 0.644. The molecule has 0 radical (unpaired) electrons. The summed E-state index contributed by atoms with van der Waals surface area (Å²) < 4.78 is 1.76. The molecule has 0 amide bonds. The second-order valence-corrected chi connectivity index (χ2v) is 3.86. The number of aromatic nitrogens is 2. The molecule has 1 aromatic heterocycles. The lowest BCUT2D eigenvalue weighted by Gasteiger charge is -2.23. The molecule has 0 fully saturated rings. The highest BCUT2D eigenvalue weighted by molar-refractivity contribution is 5.78. The molecule has 1 rings (SSSR count). The highest BCUT2D eigenvalue weighted by Crippen LogP contribution is 2.10. The zero-order valence-corrected chi connectivity index (χ0v) is 9.32. The molecule has 1 atom stereocenters. The van der Waals surface area contributed by atoms with E-state index in [0.717, 1.165) is 5.69 Å². The Morgan fingerprint density at radius 3 is 2.80 bits per heavy atom. The third-order valence-corrected chi connectivity index (χ3v) is 2.64. The lowest BCUT2D eigenvalue weighted by molar-refractivity contribution is -0.144. The van der Waals surface area contributed by atoms with Gasteiger partial charge in [0.15, 0.2) is 0 Å². The lowest BCUT2D eigenvalue weighted by atomic mass is 9.98. The zero-order valence-electron chi connectivity index (χ0n) is 9.32. The van der Waals surface area contributed by atoms with Crippen LogP contribution in [0, 0.1) is 6.92 Å². The van der Waals surface area contributed by atoms with E-state index in [1.807, 2.05) is 19.2 Å². The molecule has 5 heteroatoms. The molecule has 5 nitrogen and oxygen atoms in total. The minimum atomic E-state index is -0.889. The maximum atomic E-state index is 11.0. The number of hydrogen-bond donors (Lipinski definition) is 2. The van der Waals surface area contributed by atoms with Crippen LogP contribution in [0.3, 0.4) is 0 Å². The van der Waals surface area contributed by atoms with Crippen molar-refractivity contribution in [3.05, 3.63) is 18.0 Å². The molecule has 1 aromatic rings. The van der Waals surface area contributed by atoms with Gasteiger partial charge in [0, 0.05) is 12.7 Å². The quantitative estimate of drug-likeness (QED) is 0.750. The molecular weight excluding hydrogens is 194 g/mol. The van der Waals surface area contributed by atoms with E-state index in [1.165, 1.54) is 0 Å². The fourth-order valence-corrected chi connectivity index (χ4v) is 1.26. The summed E-state index contributed by atoms with van der Waals surface area (Å²) >= 11 is 0. The Bertz CT molecular complexity index is 348. The number of carboxylic acids is 1. The second-order valence-electron chi connectivity index (χ2n) is 3.86. The van der Waals surface area contributed by atoms with Crippen LogP contribution in [0.15, 0.2) is 12.3 Å². The molecule has 0 saturated heterocycles. The van der Waals surface area contributed by atoms with Crippen molar-refractivity contribution in [2.24, 2.45) is 0 Å². The monoisotopic (exact) mass is 211 g/mol. The van der Waals surface area contributed by atoms with Crippen molar-refractivity contribution in [2.45, 2.75) is 32.4 Å². The summed E-state index contributed by atoms with van der Waals surface area (Å²) in [5.41, 5.74) is 0.0522. The van der Waals surface area contributed by atoms with Gasteiger partial charge in [-0.25, -0.2) is 0 Å². The normalized spacial score (nSPS) is 14.9. The average Bonchev–Trinajstić information content (AvgIpc) is 2.60. The Morgan fingerprint density at radius 2 is 2.40 bits per heavy atom. The molecule has 0 saturated carbocycles. The summed E-state index contributed by atoms with van der Waals surface area (Å²) in [6.07, 6.45) is 2.35. The lowest BCUT2D eigenvalue weighted by Crippen LogP contribution is -2.48. The first-order valence-corrected chi connectivity index (χ1v) is 4.90. The number of hydrogen-bond acceptors (Lipinski definition) is 3. The Labute approximate surface area is 89.1 Å². The van der Waals surface area contributed by atoms with Crippen molar-refractivity contribution in [3.8, 4) is 0 Å². The fraction of sp³-hybridized carbons (Fsp3) is 0.600. The Balaban J connectivity index is 2.59. The fourth-order valence-electron chi connectivity index (χ4n) is 1.26. The summed E-state index contributed by atoms with van der Waals surface area (Å²) in [5, 5.41) is 16.0. The van der Waals surface area contributed by atoms with Gasteiger partial charge in [0.25, 0.3) is 0 Å². The molecule has 2 N–H and O–H groups in total. The highest BCUT2D eigenvalue weighted by atomic mass is 16.4. The molecule has 84 valence electrons. The van der Waals surface area contributed by atoms with E-state index in [9.17, 15) is 4.79 Å². The first-order valence-electron chi connectivity index (χ1n) is 4.90. The number of nitrogens with zero attached hydrogens (tertiary/aromatic N) is 2. The number of rotatable bonds is 5. The van der Waals surface area contributed by atoms with Crippen molar-refractivity contribution >= 4 is 5.97 Å². The van der Waals surface area contributed by atoms with Crippen molar-refractivity contribution in [2.75, 3.05) is 7.05 Å². The Morgan fingerprint density at radius 1 is 1.73 bits per heavy atom. The van der Waals surface area contributed by atoms with Gasteiger partial charge in [-0.1, -0.05) is 0 Å². The van der Waals surface area contributed by atoms with Gasteiger partial charge in [0.2, 0.25) is 0 Å². The zero-order chi connectivity index (χ0) is 11.5. The van der Waals surface area contributed by atoms with Crippen LogP contribution < -0.4 is 5.32 Å². The van der Waals surface area contributed by atoms with Gasteiger partial charge < -0.3 is 10.4 Å². The van der Waals surface area contributed by atoms with Crippen LogP contribution in [-0.4, -0.2) is 33.4 Å². The van der Waals surface area contributed by atoms with Gasteiger partial charge in [0.05, 0.1) is 5.69 Å². The van der Waals surface area contributed by atoms with Gasteiger partial charge >= 0.3 is 5.97 Å². The molecule has 0 aliphatic rings. The van der Waals surface area contributed by atoms with E-state index in [-0.39, 0.29) is 0 Å². The molecular formula is C10H17N3O2. The van der Waals surface area contributed by atoms with Crippen LogP contribution in [0.25, 0.3) is 0 Å². The summed E-state index contributed by atoms with van der Waals surface area (Å²) in [7, 11) is 1.66. The van der Waals surface area contributed by atoms with E-state index in [2.05, 4.69) is 10.4 Å². The minimum Gasteiger partial charge on any atom is -0.480 e. The van der Waals surface area contributed by atoms with E-state index >= 15 is 0 Å². The van der Waals surface area contributed by atoms with Gasteiger partial charge in [-0.15, -0.1) is 0 Å². The van der Waals surface area contributed by atoms with Gasteiger partial charge in [-0.05, 0) is 33.4 Å². The third kappa shape index (κ3) is 2.79. The molecule has 0 bridgehead atoms. The molecule has 0 aromatic carbocycles. The predicted molar refractivity (Wildman–Crippen MR) is 56.7 cm³/mol. The largest absolute Gasteiger partial charge is 0.480 e. The molecule has 1 unspecified atom stereocenters. The molecule has 0 aliphatic heterocycles. The summed E-state index contributed by atoms with van der Waals surface area (Å²) in [5.74, 6) is -0.839. The molecule has 0 spiro atoms. The highest BCUT2D eigenvalue weighted by Gasteiger charge is 2.30. The van der Waals surface area contributed by atoms with Crippen LogP contribution in [-0.2, 0) is 11.3 Å². The Hall–Kier alpha value is -1.36. The maximum Gasteiger partial charge on any atom is 0.323 e. The third-order valence-electron chi connectivity index (χ3n) is 2.64. The van der Waals surface area contributed by atoms with Crippen molar-refractivity contribution < 1.29 is 9.90 Å². The van der Waals surface area contributed by atoms with Crippen molar-refractivity contribution in [3.63, 3.8) is 0 Å². The summed E-state index contributed by atoms with van der Waals surface area (Å²) in [6, 6.07) is 1.90. The number of carbonyl (C=O) groups is 1. The number of nitrogens with one attached hydrogen (secondary N) is 1. The minimum absolute atomic E-state index is 0.500. The number of likely N-dealkylation sites (N-methyl/N-ethyl adjacent to an activating group) is 1. The SMILES string of the molecule is CNC(C)(CCn1ccc(C)n1)C(=O)O. The molecule has 15 heavy (non-hydrogen) atoms. The van der Waals surface area contributed by atoms with Crippen LogP contribution in [0.1, 0.15) is 19.0 Å². The van der Waals surface area contributed by atoms with Crippen LogP contribution in [0.4, 0.5) is 0 Å². The van der Waals surface area contributed by atoms with Crippen molar-refractivity contribution in [1.82, 2.24) is 15.1 Å². The van der Waals surface area contributed by atoms with Crippen molar-refractivity contribution in [1.29, 1.82) is 0 Å². The molecule has 0 aliphatic carbocycles. The number of aryl methyl sites for hydroxylation is 2. The Kier molecular flexibility index (Phi) is 3.47. The van der Waals surface area contributed by atoms with Gasteiger partial charge in [0.1, 0.15) is 5.54 Å². The maximum absolute atomic E-state index is 11.0. The van der Waals surface area contributed by atoms with Gasteiger partial charge in [-0.2, -0.15) is 5.10 Å². The first kappa shape index (κ1) is 11.7. The van der Waals surface area contributed by atoms with E-state index in [0.29, 0.717) is 13.0 Å². The average molecular weight is 211 g/mol. The number of aliphatic carboxylic acids is 1. The topological polar surface area (TPSA) is 67.2 Å². The smallest absolute Gasteiger partial charge is 0.323 e. The molecule has 1 heterocycles. The second kappa shape index (κ2) is 4.44. The van der Waals surface area contributed by atoms with E-state index in [1.54, 1.807) is 18.7 Å². The van der Waals surface area contributed by atoms with Crippen LogP contribution >= 0.6 is 0 Å². The van der Waals surface area contributed by atoms with E-state index in [4.69, 9.17) is 5.11 Å². The van der Waals surface area contributed by atoms with Crippen LogP contribution in [0.2, 0.25) is 0 Å². The van der Waals surface area contributed by atoms with E-state index < -0.39 is 11.5 Å². The summed E-state index contributed by atoms with van der Waals surface area (Å²) in [4.78, 5) is 11.0. The standard InChI is InChI=1S/C10H17N3O2/c1-8-4-6-13(12-8)7-5-10(2,11-3)9(14)15/h4,6,11H,5,7H2,1-3H3,(H,14,15). The van der Waals surface area contributed by atoms with Crippen LogP contribution in [0.5, 0.6) is 0 Å². The van der Waals surface area contributed by atoms with Gasteiger partial charge in [-0.3, -0.25) is 9.48 Å².